The SMILES string of the molecule is COc1cc(CNC(=O)c2ccc(C3CCCCC3)cc2)cc(OC)c1OC. The van der Waals surface area contributed by atoms with Gasteiger partial charge in [-0.1, -0.05) is 31.4 Å². The van der Waals surface area contributed by atoms with Crippen LogP contribution in [0.2, 0.25) is 0 Å². The van der Waals surface area contributed by atoms with E-state index in [9.17, 15) is 4.79 Å². The molecule has 0 heterocycles. The number of hydrogen-bond acceptors (Lipinski definition) is 4. The van der Waals surface area contributed by atoms with E-state index in [1.165, 1.54) is 37.7 Å². The van der Waals surface area contributed by atoms with Crippen molar-refractivity contribution in [2.45, 2.75) is 44.6 Å². The molecule has 0 radical (unpaired) electrons. The Kier molecular flexibility index (Phi) is 6.80. The fourth-order valence-electron chi connectivity index (χ4n) is 3.86. The van der Waals surface area contributed by atoms with Gasteiger partial charge in [-0.25, -0.2) is 0 Å². The van der Waals surface area contributed by atoms with Crippen LogP contribution in [0.25, 0.3) is 0 Å². The first-order valence-corrected chi connectivity index (χ1v) is 9.83. The molecule has 0 unspecified atom stereocenters. The number of amides is 1. The standard InChI is InChI=1S/C23H29NO4/c1-26-20-13-16(14-21(27-2)22(20)28-3)15-24-23(25)19-11-9-18(10-12-19)17-7-5-4-6-8-17/h9-14,17H,4-8,15H2,1-3H3,(H,24,25). The lowest BCUT2D eigenvalue weighted by molar-refractivity contribution is 0.0951. The van der Waals surface area contributed by atoms with E-state index in [1.54, 1.807) is 21.3 Å². The summed E-state index contributed by atoms with van der Waals surface area (Å²) in [5.41, 5.74) is 2.90. The Morgan fingerprint density at radius 2 is 1.54 bits per heavy atom. The maximum atomic E-state index is 12.5. The smallest absolute Gasteiger partial charge is 0.251 e. The van der Waals surface area contributed by atoms with Gasteiger partial charge in [0.2, 0.25) is 5.75 Å². The van der Waals surface area contributed by atoms with Crippen molar-refractivity contribution in [2.75, 3.05) is 21.3 Å². The highest BCUT2D eigenvalue weighted by Crippen LogP contribution is 2.38. The van der Waals surface area contributed by atoms with Crippen molar-refractivity contribution in [1.82, 2.24) is 5.32 Å². The molecule has 3 rings (SSSR count). The van der Waals surface area contributed by atoms with E-state index in [2.05, 4.69) is 17.4 Å². The van der Waals surface area contributed by atoms with Gasteiger partial charge in [0.1, 0.15) is 0 Å². The lowest BCUT2D eigenvalue weighted by Gasteiger charge is -2.22. The van der Waals surface area contributed by atoms with E-state index < -0.39 is 0 Å². The first kappa shape index (κ1) is 20.1. The summed E-state index contributed by atoms with van der Waals surface area (Å²) in [5, 5.41) is 2.96. The normalized spacial score (nSPS) is 14.4. The second-order valence-corrected chi connectivity index (χ2v) is 7.17. The van der Waals surface area contributed by atoms with E-state index in [4.69, 9.17) is 14.2 Å². The van der Waals surface area contributed by atoms with Gasteiger partial charge in [-0.05, 0) is 54.2 Å². The highest BCUT2D eigenvalue weighted by Gasteiger charge is 2.16. The maximum absolute atomic E-state index is 12.5. The Bertz CT molecular complexity index is 770. The lowest BCUT2D eigenvalue weighted by Crippen LogP contribution is -2.22. The molecule has 2 aromatic carbocycles. The van der Waals surface area contributed by atoms with Gasteiger partial charge in [-0.3, -0.25) is 4.79 Å². The van der Waals surface area contributed by atoms with Gasteiger partial charge >= 0.3 is 0 Å². The van der Waals surface area contributed by atoms with Gasteiger partial charge in [0.25, 0.3) is 5.91 Å². The minimum absolute atomic E-state index is 0.0936. The van der Waals surface area contributed by atoms with Crippen LogP contribution >= 0.6 is 0 Å². The van der Waals surface area contributed by atoms with Crippen LogP contribution in [0.15, 0.2) is 36.4 Å². The van der Waals surface area contributed by atoms with Crippen LogP contribution < -0.4 is 19.5 Å². The highest BCUT2D eigenvalue weighted by atomic mass is 16.5. The number of rotatable bonds is 7. The minimum atomic E-state index is -0.0936. The molecule has 0 bridgehead atoms. The molecule has 1 fully saturated rings. The van der Waals surface area contributed by atoms with Crippen molar-refractivity contribution >= 4 is 5.91 Å². The molecule has 5 heteroatoms. The molecule has 1 aliphatic carbocycles. The van der Waals surface area contributed by atoms with E-state index in [0.717, 1.165) is 5.56 Å². The summed E-state index contributed by atoms with van der Waals surface area (Å²) >= 11 is 0. The van der Waals surface area contributed by atoms with Crippen LogP contribution in [0.4, 0.5) is 0 Å². The molecule has 0 spiro atoms. The summed E-state index contributed by atoms with van der Waals surface area (Å²) in [4.78, 5) is 12.5. The summed E-state index contributed by atoms with van der Waals surface area (Å²) in [6.45, 7) is 0.375. The molecule has 28 heavy (non-hydrogen) atoms. The van der Waals surface area contributed by atoms with Crippen molar-refractivity contribution in [3.8, 4) is 17.2 Å². The van der Waals surface area contributed by atoms with E-state index in [1.807, 2.05) is 24.3 Å². The minimum Gasteiger partial charge on any atom is -0.493 e. The number of benzene rings is 2. The maximum Gasteiger partial charge on any atom is 0.251 e. The fraction of sp³-hybridized carbons (Fsp3) is 0.435. The van der Waals surface area contributed by atoms with Gasteiger partial charge < -0.3 is 19.5 Å². The van der Waals surface area contributed by atoms with Gasteiger partial charge in [-0.2, -0.15) is 0 Å². The Morgan fingerprint density at radius 3 is 2.07 bits per heavy atom. The largest absolute Gasteiger partial charge is 0.493 e. The first-order chi connectivity index (χ1) is 13.7. The van der Waals surface area contributed by atoms with Gasteiger partial charge in [0.05, 0.1) is 21.3 Å². The van der Waals surface area contributed by atoms with Crippen LogP contribution in [0, 0.1) is 0 Å². The van der Waals surface area contributed by atoms with Crippen molar-refractivity contribution in [3.63, 3.8) is 0 Å². The average Bonchev–Trinajstić information content (AvgIpc) is 2.77. The zero-order valence-corrected chi connectivity index (χ0v) is 16.9. The number of carbonyl (C=O) groups is 1. The predicted molar refractivity (Wildman–Crippen MR) is 110 cm³/mol. The lowest BCUT2D eigenvalue weighted by atomic mass is 9.84. The molecule has 0 atom stereocenters. The van der Waals surface area contributed by atoms with Crippen LogP contribution in [0.1, 0.15) is 59.5 Å². The molecule has 1 saturated carbocycles. The quantitative estimate of drug-likeness (QED) is 0.754. The molecular formula is C23H29NO4. The zero-order chi connectivity index (χ0) is 19.9. The second kappa shape index (κ2) is 9.49. The van der Waals surface area contributed by atoms with Crippen LogP contribution in [-0.2, 0) is 6.54 Å². The number of nitrogens with one attached hydrogen (secondary N) is 1. The molecule has 2 aromatic rings. The third kappa shape index (κ3) is 4.58. The van der Waals surface area contributed by atoms with Crippen LogP contribution in [-0.4, -0.2) is 27.2 Å². The zero-order valence-electron chi connectivity index (χ0n) is 16.9. The Labute approximate surface area is 167 Å². The fourth-order valence-corrected chi connectivity index (χ4v) is 3.86. The van der Waals surface area contributed by atoms with Crippen molar-refractivity contribution < 1.29 is 19.0 Å². The van der Waals surface area contributed by atoms with E-state index in [0.29, 0.717) is 35.3 Å². The Morgan fingerprint density at radius 1 is 0.929 bits per heavy atom. The van der Waals surface area contributed by atoms with E-state index in [-0.39, 0.29) is 5.91 Å². The number of methoxy groups -OCH3 is 3. The van der Waals surface area contributed by atoms with Crippen LogP contribution in [0.3, 0.4) is 0 Å². The summed E-state index contributed by atoms with van der Waals surface area (Å²) in [6.07, 6.45) is 6.47. The summed E-state index contributed by atoms with van der Waals surface area (Å²) < 4.78 is 16.1. The van der Waals surface area contributed by atoms with E-state index >= 15 is 0 Å². The molecule has 1 aliphatic rings. The molecule has 0 aromatic heterocycles. The average molecular weight is 383 g/mol. The number of hydrogen-bond donors (Lipinski definition) is 1. The number of ether oxygens (including phenoxy) is 3. The molecule has 0 aliphatic heterocycles. The molecule has 1 N–H and O–H groups in total. The van der Waals surface area contributed by atoms with Gasteiger partial charge in [0, 0.05) is 12.1 Å². The van der Waals surface area contributed by atoms with Gasteiger partial charge in [-0.15, -0.1) is 0 Å². The third-order valence-corrected chi connectivity index (χ3v) is 5.43. The summed E-state index contributed by atoms with van der Waals surface area (Å²) in [6, 6.07) is 11.7. The monoisotopic (exact) mass is 383 g/mol. The van der Waals surface area contributed by atoms with Crippen molar-refractivity contribution in [3.05, 3.63) is 53.1 Å². The Hall–Kier alpha value is -2.69. The highest BCUT2D eigenvalue weighted by molar-refractivity contribution is 5.94. The van der Waals surface area contributed by atoms with Gasteiger partial charge in [0.15, 0.2) is 11.5 Å². The molecule has 150 valence electrons. The van der Waals surface area contributed by atoms with Crippen molar-refractivity contribution in [1.29, 1.82) is 0 Å². The second-order valence-electron chi connectivity index (χ2n) is 7.17. The predicted octanol–water partition coefficient (Wildman–Crippen LogP) is 4.69. The topological polar surface area (TPSA) is 56.8 Å². The molecular weight excluding hydrogens is 354 g/mol. The third-order valence-electron chi connectivity index (χ3n) is 5.43. The molecule has 1 amide bonds. The van der Waals surface area contributed by atoms with Crippen molar-refractivity contribution in [2.24, 2.45) is 0 Å². The summed E-state index contributed by atoms with van der Waals surface area (Å²) in [7, 11) is 4.72. The molecule has 5 nitrogen and oxygen atoms in total. The Balaban J connectivity index is 1.65. The van der Waals surface area contributed by atoms with Crippen LogP contribution in [0.5, 0.6) is 17.2 Å². The summed E-state index contributed by atoms with van der Waals surface area (Å²) in [5.74, 6) is 2.23. The molecule has 0 saturated heterocycles. The first-order valence-electron chi connectivity index (χ1n) is 9.83. The number of carbonyl (C=O) groups excluding carboxylic acids is 1.